The van der Waals surface area contributed by atoms with Gasteiger partial charge < -0.3 is 19.9 Å². The summed E-state index contributed by atoms with van der Waals surface area (Å²) in [5.41, 5.74) is 1.08. The van der Waals surface area contributed by atoms with Crippen molar-refractivity contribution in [2.75, 3.05) is 20.3 Å². The number of esters is 1. The molecule has 5 rings (SSSR count). The summed E-state index contributed by atoms with van der Waals surface area (Å²) in [7, 11) is 1.26. The van der Waals surface area contributed by atoms with Gasteiger partial charge in [-0.1, -0.05) is 6.07 Å². The Morgan fingerprint density at radius 2 is 1.97 bits per heavy atom. The molecule has 1 saturated heterocycles. The Labute approximate surface area is 210 Å². The fourth-order valence-corrected chi connectivity index (χ4v) is 6.15. The highest BCUT2D eigenvalue weighted by atomic mass is 32.1. The molecule has 1 aliphatic carbocycles. The molecule has 0 radical (unpaired) electrons. The molecule has 3 atom stereocenters. The zero-order valence-corrected chi connectivity index (χ0v) is 20.3. The Hall–Kier alpha value is -3.18. The van der Waals surface area contributed by atoms with E-state index >= 15 is 0 Å². The molecule has 1 aromatic heterocycles. The largest absolute Gasteiger partial charge is 0.481 e. The number of carboxylic acids is 1. The van der Waals surface area contributed by atoms with Crippen LogP contribution in [0.4, 0.5) is 8.78 Å². The molecule has 3 aliphatic rings. The van der Waals surface area contributed by atoms with E-state index in [4.69, 9.17) is 9.47 Å². The van der Waals surface area contributed by atoms with Gasteiger partial charge in [0.1, 0.15) is 6.04 Å². The van der Waals surface area contributed by atoms with Gasteiger partial charge in [-0.2, -0.15) is 0 Å². The van der Waals surface area contributed by atoms with E-state index in [0.29, 0.717) is 54.6 Å². The number of hydrogen-bond acceptors (Lipinski definition) is 8. The number of carbonyl (C=O) groups is 2. The summed E-state index contributed by atoms with van der Waals surface area (Å²) in [6, 6.07) is 2.51. The molecule has 2 N–H and O–H groups in total. The molecule has 190 valence electrons. The summed E-state index contributed by atoms with van der Waals surface area (Å²) in [5, 5.41) is 15.2. The molecule has 2 bridgehead atoms. The topological polar surface area (TPSA) is 110 Å². The van der Waals surface area contributed by atoms with Crippen LogP contribution in [0, 0.1) is 35.3 Å². The Kier molecular flexibility index (Phi) is 6.85. The highest BCUT2D eigenvalue weighted by Crippen LogP contribution is 2.46. The number of halogens is 2. The van der Waals surface area contributed by atoms with Gasteiger partial charge in [0.15, 0.2) is 22.5 Å². The van der Waals surface area contributed by atoms with Gasteiger partial charge in [0.2, 0.25) is 0 Å². The van der Waals surface area contributed by atoms with Gasteiger partial charge in [0, 0.05) is 30.5 Å². The monoisotopic (exact) mass is 517 g/mol. The first-order chi connectivity index (χ1) is 17.4. The molecule has 8 nitrogen and oxygen atoms in total. The van der Waals surface area contributed by atoms with Crippen LogP contribution in [0.25, 0.3) is 0 Å². The van der Waals surface area contributed by atoms with Gasteiger partial charge >= 0.3 is 11.9 Å². The van der Waals surface area contributed by atoms with Crippen LogP contribution in [0.2, 0.25) is 0 Å². The fraction of sp³-hybridized carbons (Fsp3) is 0.440. The Bertz CT molecular complexity index is 1220. The lowest BCUT2D eigenvalue weighted by atomic mass is 9.65. The number of methoxy groups -OCH3 is 1. The van der Waals surface area contributed by atoms with Crippen LogP contribution in [0.3, 0.4) is 0 Å². The quantitative estimate of drug-likeness (QED) is 0.562. The van der Waals surface area contributed by atoms with Gasteiger partial charge in [0.05, 0.1) is 18.6 Å². The summed E-state index contributed by atoms with van der Waals surface area (Å²) in [4.78, 5) is 33.7. The number of carboxylic acid groups (broad SMARTS) is 1. The number of carbonyl (C=O) groups excluding carboxylic acids is 1. The second-order valence-corrected chi connectivity index (χ2v) is 10.2. The van der Waals surface area contributed by atoms with E-state index in [-0.39, 0.29) is 23.3 Å². The molecule has 1 aromatic carbocycles. The molecule has 0 amide bonds. The van der Waals surface area contributed by atoms with E-state index in [9.17, 15) is 23.5 Å². The summed E-state index contributed by atoms with van der Waals surface area (Å²) in [6.45, 7) is 0.900. The lowest BCUT2D eigenvalue weighted by molar-refractivity contribution is -0.149. The molecule has 2 aliphatic heterocycles. The number of aliphatic carboxylic acids is 1. The minimum Gasteiger partial charge on any atom is -0.481 e. The van der Waals surface area contributed by atoms with Crippen molar-refractivity contribution in [2.24, 2.45) is 28.7 Å². The zero-order valence-electron chi connectivity index (χ0n) is 19.4. The van der Waals surface area contributed by atoms with Crippen LogP contribution in [-0.2, 0) is 19.1 Å². The molecule has 2 aromatic rings. The Morgan fingerprint density at radius 3 is 2.58 bits per heavy atom. The Balaban J connectivity index is 1.57. The lowest BCUT2D eigenvalue weighted by Crippen LogP contribution is -2.45. The number of nitrogens with one attached hydrogen (secondary N) is 1. The molecular formula is C25H25F2N3O5S. The maximum absolute atomic E-state index is 14.2. The van der Waals surface area contributed by atoms with Gasteiger partial charge in [-0.25, -0.2) is 18.6 Å². The van der Waals surface area contributed by atoms with Crippen molar-refractivity contribution in [3.63, 3.8) is 0 Å². The van der Waals surface area contributed by atoms with Crippen LogP contribution in [0.5, 0.6) is 0 Å². The first-order valence-electron chi connectivity index (χ1n) is 11.7. The second kappa shape index (κ2) is 10.1. The molecule has 1 saturated carbocycles. The van der Waals surface area contributed by atoms with Crippen LogP contribution in [-0.4, -0.2) is 48.2 Å². The third-order valence-corrected chi connectivity index (χ3v) is 8.04. The number of amidine groups is 1. The number of allylic oxidation sites excluding steroid dienone is 1. The van der Waals surface area contributed by atoms with Crippen LogP contribution >= 0.6 is 11.3 Å². The second-order valence-electron chi connectivity index (χ2n) is 9.33. The summed E-state index contributed by atoms with van der Waals surface area (Å²) in [6.07, 6.45) is 3.06. The van der Waals surface area contributed by atoms with Crippen LogP contribution in [0.15, 0.2) is 46.0 Å². The van der Waals surface area contributed by atoms with E-state index in [1.54, 1.807) is 11.6 Å². The van der Waals surface area contributed by atoms with Crippen molar-refractivity contribution in [3.05, 3.63) is 63.3 Å². The van der Waals surface area contributed by atoms with Crippen molar-refractivity contribution >= 4 is 29.1 Å². The van der Waals surface area contributed by atoms with Crippen molar-refractivity contribution in [1.82, 2.24) is 10.3 Å². The molecule has 11 heteroatoms. The number of aromatic nitrogens is 1. The molecule has 3 heterocycles. The van der Waals surface area contributed by atoms with E-state index in [0.717, 1.165) is 12.1 Å². The highest BCUT2D eigenvalue weighted by molar-refractivity contribution is 7.11. The van der Waals surface area contributed by atoms with Gasteiger partial charge in [-0.3, -0.25) is 9.79 Å². The lowest BCUT2D eigenvalue weighted by Gasteiger charge is -2.45. The van der Waals surface area contributed by atoms with Crippen LogP contribution in [0.1, 0.15) is 35.9 Å². The first kappa shape index (κ1) is 24.5. The third-order valence-electron chi connectivity index (χ3n) is 7.26. The number of rotatable bonds is 6. The van der Waals surface area contributed by atoms with Crippen LogP contribution < -0.4 is 5.32 Å². The number of aliphatic imine (C=N–C) groups is 1. The number of hydrogen-bond donors (Lipinski definition) is 2. The average Bonchev–Trinajstić information content (AvgIpc) is 3.39. The molecule has 36 heavy (non-hydrogen) atoms. The van der Waals surface area contributed by atoms with E-state index in [1.165, 1.54) is 24.5 Å². The third kappa shape index (κ3) is 4.64. The number of nitrogens with zero attached hydrogens (tertiary/aromatic N) is 2. The number of ether oxygens (including phenoxy) is 2. The summed E-state index contributed by atoms with van der Waals surface area (Å²) < 4.78 is 38.7. The zero-order chi connectivity index (χ0) is 25.4. The molecular weight excluding hydrogens is 492 g/mol. The van der Waals surface area contributed by atoms with Crippen molar-refractivity contribution in [3.8, 4) is 0 Å². The Morgan fingerprint density at radius 1 is 1.22 bits per heavy atom. The van der Waals surface area contributed by atoms with Gasteiger partial charge in [-0.05, 0) is 54.7 Å². The highest BCUT2D eigenvalue weighted by Gasteiger charge is 2.45. The standard InChI is InChI=1S/C25H25F2N3O5S/c1-34-25(33)20-19(9-16-14-6-13(24(31)32)7-15(16)11-35-10-14)29-22(23-28-4-5-36-23)30-21(20)12-2-3-17(26)18(27)8-12/h2-5,8,13-16,21H,6-7,9-11H2,1H3,(H,29,30)(H,31,32). The van der Waals surface area contributed by atoms with E-state index in [2.05, 4.69) is 15.3 Å². The molecule has 0 spiro atoms. The number of benzene rings is 1. The van der Waals surface area contributed by atoms with Gasteiger partial charge in [0.25, 0.3) is 0 Å². The normalized spacial score (nSPS) is 27.8. The first-order valence-corrected chi connectivity index (χ1v) is 12.5. The summed E-state index contributed by atoms with van der Waals surface area (Å²) in [5.74, 6) is -3.38. The van der Waals surface area contributed by atoms with Crippen molar-refractivity contribution in [2.45, 2.75) is 25.3 Å². The smallest absolute Gasteiger partial charge is 0.338 e. The maximum Gasteiger partial charge on any atom is 0.338 e. The number of thiazole rings is 1. The molecule has 2 fully saturated rings. The van der Waals surface area contributed by atoms with Crippen molar-refractivity contribution in [1.29, 1.82) is 0 Å². The van der Waals surface area contributed by atoms with Gasteiger partial charge in [-0.15, -0.1) is 11.3 Å². The predicted octanol–water partition coefficient (Wildman–Crippen LogP) is 3.70. The maximum atomic E-state index is 14.2. The van der Waals surface area contributed by atoms with E-state index < -0.39 is 35.5 Å². The molecule has 3 unspecified atom stereocenters. The SMILES string of the molecule is COC(=O)C1=C(CC2C3COCC2CC(C(=O)O)C3)NC(c2nccs2)=NC1c1ccc(F)c(F)c1. The van der Waals surface area contributed by atoms with Crippen molar-refractivity contribution < 1.29 is 33.0 Å². The minimum absolute atomic E-state index is 0.00990. The number of fused-ring (bicyclic) bond motifs is 2. The fourth-order valence-electron chi connectivity index (χ4n) is 5.57. The van der Waals surface area contributed by atoms with E-state index in [1.807, 2.05) is 0 Å². The average molecular weight is 518 g/mol. The summed E-state index contributed by atoms with van der Waals surface area (Å²) >= 11 is 1.35. The predicted molar refractivity (Wildman–Crippen MR) is 126 cm³/mol. The minimum atomic E-state index is -1.04.